The zero-order valence-electron chi connectivity index (χ0n) is 21.3. The number of nitriles is 1. The fourth-order valence-corrected chi connectivity index (χ4v) is 5.37. The number of esters is 1. The van der Waals surface area contributed by atoms with Gasteiger partial charge < -0.3 is 4.74 Å². The highest BCUT2D eigenvalue weighted by Crippen LogP contribution is 2.40. The van der Waals surface area contributed by atoms with Crippen molar-refractivity contribution in [1.29, 1.82) is 5.26 Å². The second-order valence-corrected chi connectivity index (χ2v) is 9.95. The van der Waals surface area contributed by atoms with E-state index in [-0.39, 0.29) is 17.9 Å². The average molecular weight is 543 g/mol. The Kier molecular flexibility index (Phi) is 8.80. The van der Waals surface area contributed by atoms with Gasteiger partial charge in [0, 0.05) is 17.9 Å². The molecule has 1 unspecified atom stereocenters. The van der Waals surface area contributed by atoms with Gasteiger partial charge in [-0.15, -0.1) is 0 Å². The molecule has 200 valence electrons. The van der Waals surface area contributed by atoms with Crippen LogP contribution < -0.4 is 4.90 Å². The van der Waals surface area contributed by atoms with Gasteiger partial charge in [0.2, 0.25) is 0 Å². The van der Waals surface area contributed by atoms with E-state index in [0.717, 1.165) is 38.1 Å². The number of carbonyl (C=O) groups is 1. The number of rotatable bonds is 6. The molecule has 0 aromatic heterocycles. The third kappa shape index (κ3) is 6.22. The molecule has 1 fully saturated rings. The zero-order chi connectivity index (χ0) is 27.3. The number of halogens is 3. The number of aliphatic imine (C=N–C) groups is 1. The highest BCUT2D eigenvalue weighted by molar-refractivity contribution is 8.13. The van der Waals surface area contributed by atoms with Crippen molar-refractivity contribution in [3.63, 3.8) is 0 Å². The molecule has 10 heteroatoms. The van der Waals surface area contributed by atoms with Crippen LogP contribution in [0.25, 0.3) is 0 Å². The maximum atomic E-state index is 13.5. The van der Waals surface area contributed by atoms with Crippen LogP contribution in [0.1, 0.15) is 48.9 Å². The van der Waals surface area contributed by atoms with Crippen molar-refractivity contribution in [3.8, 4) is 6.07 Å². The van der Waals surface area contributed by atoms with Crippen LogP contribution in [0.3, 0.4) is 0 Å². The van der Waals surface area contributed by atoms with Crippen molar-refractivity contribution >= 4 is 28.6 Å². The fourth-order valence-electron chi connectivity index (χ4n) is 4.73. The van der Waals surface area contributed by atoms with Gasteiger partial charge >= 0.3 is 12.1 Å². The minimum absolute atomic E-state index is 0.207. The number of alkyl halides is 3. The summed E-state index contributed by atoms with van der Waals surface area (Å²) in [5.41, 5.74) is 1.31. The number of amidine groups is 1. The molecule has 4 rings (SSSR count). The molecular weight excluding hydrogens is 513 g/mol. The van der Waals surface area contributed by atoms with Gasteiger partial charge in [-0.05, 0) is 75.0 Å². The number of hydrogen-bond acceptors (Lipinski definition) is 7. The smallest absolute Gasteiger partial charge is 0.416 e. The summed E-state index contributed by atoms with van der Waals surface area (Å²) in [6.07, 6.45) is 0.718. The van der Waals surface area contributed by atoms with E-state index >= 15 is 0 Å². The lowest BCUT2D eigenvalue weighted by Gasteiger charge is -2.34. The van der Waals surface area contributed by atoms with Crippen LogP contribution in [0.5, 0.6) is 0 Å². The topological polar surface area (TPSA) is 68.9 Å². The summed E-state index contributed by atoms with van der Waals surface area (Å²) in [6, 6.07) is 13.1. The van der Waals surface area contributed by atoms with Crippen LogP contribution >= 0.6 is 11.8 Å². The summed E-state index contributed by atoms with van der Waals surface area (Å²) in [5.74, 6) is -0.560. The Hall–Kier alpha value is -3.29. The Balaban J connectivity index is 1.71. The normalized spacial score (nSPS) is 18.7. The van der Waals surface area contributed by atoms with Crippen molar-refractivity contribution in [3.05, 3.63) is 76.5 Å². The zero-order valence-corrected chi connectivity index (χ0v) is 22.1. The van der Waals surface area contributed by atoms with Crippen LogP contribution in [0, 0.1) is 11.3 Å². The molecule has 0 spiro atoms. The molecule has 0 saturated carbocycles. The first-order valence-corrected chi connectivity index (χ1v) is 13.6. The molecule has 0 aliphatic carbocycles. The second-order valence-electron chi connectivity index (χ2n) is 9.17. The monoisotopic (exact) mass is 542 g/mol. The highest BCUT2D eigenvalue weighted by atomic mass is 32.2. The quantitative estimate of drug-likeness (QED) is 0.407. The van der Waals surface area contributed by atoms with Gasteiger partial charge in [-0.25, -0.2) is 9.79 Å². The first-order chi connectivity index (χ1) is 18.2. The van der Waals surface area contributed by atoms with Crippen LogP contribution in [-0.2, 0) is 15.7 Å². The third-order valence-electron chi connectivity index (χ3n) is 6.71. The minimum atomic E-state index is -4.51. The van der Waals surface area contributed by atoms with Gasteiger partial charge in [0.1, 0.15) is 12.6 Å². The second kappa shape index (κ2) is 12.0. The van der Waals surface area contributed by atoms with Gasteiger partial charge in [0.15, 0.2) is 5.17 Å². The fraction of sp³-hybridized carbons (Fsp3) is 0.393. The number of hydrogen-bond donors (Lipinski definition) is 0. The maximum Gasteiger partial charge on any atom is 0.416 e. The molecule has 1 saturated heterocycles. The number of ether oxygens (including phenoxy) is 1. The molecule has 38 heavy (non-hydrogen) atoms. The van der Waals surface area contributed by atoms with Crippen LogP contribution in [0.4, 0.5) is 18.9 Å². The van der Waals surface area contributed by atoms with E-state index in [1.165, 1.54) is 24.2 Å². The Labute approximate surface area is 224 Å². The lowest BCUT2D eigenvalue weighted by molar-refractivity contribution is -0.140. The number of carbonyl (C=O) groups excluding carboxylic acids is 1. The first kappa shape index (κ1) is 27.7. The lowest BCUT2D eigenvalue weighted by Crippen LogP contribution is -2.36. The van der Waals surface area contributed by atoms with Crippen molar-refractivity contribution < 1.29 is 22.7 Å². The summed E-state index contributed by atoms with van der Waals surface area (Å²) in [4.78, 5) is 22.2. The number of piperidine rings is 1. The molecule has 0 N–H and O–H groups in total. The van der Waals surface area contributed by atoms with E-state index in [4.69, 9.17) is 9.73 Å². The van der Waals surface area contributed by atoms with Gasteiger partial charge in [-0.2, -0.15) is 18.4 Å². The molecular formula is C28H29F3N4O2S. The first-order valence-electron chi connectivity index (χ1n) is 12.4. The largest absolute Gasteiger partial charge is 0.461 e. The number of nitrogens with zero attached hydrogens (tertiary/aromatic N) is 4. The van der Waals surface area contributed by atoms with Crippen molar-refractivity contribution in [2.75, 3.05) is 37.4 Å². The predicted molar refractivity (Wildman–Crippen MR) is 143 cm³/mol. The number of allylic oxidation sites excluding steroid dienone is 1. The summed E-state index contributed by atoms with van der Waals surface area (Å²) in [7, 11) is 0. The Morgan fingerprint density at radius 2 is 1.87 bits per heavy atom. The van der Waals surface area contributed by atoms with E-state index in [1.807, 2.05) is 0 Å². The van der Waals surface area contributed by atoms with Gasteiger partial charge in [0.25, 0.3) is 0 Å². The number of benzene rings is 2. The van der Waals surface area contributed by atoms with Crippen molar-refractivity contribution in [2.24, 2.45) is 4.99 Å². The standard InChI is InChI=1S/C28H29F3N4O2S/c1-19-24(26(36)37-16-15-34-13-4-3-5-14-34)25(21-11-9-20(18-32)10-12-21)33-27(38-2)35(19)23-8-6-7-22(17-23)28(29,30)31/h6-12,17,25H,3-5,13-16H2,1-2H3. The van der Waals surface area contributed by atoms with E-state index < -0.39 is 23.8 Å². The SMILES string of the molecule is CSC1=NC(c2ccc(C#N)cc2)C(C(=O)OCCN2CCCCC2)=C(C)N1c1cccc(C(F)(F)F)c1. The summed E-state index contributed by atoms with van der Waals surface area (Å²) in [6.45, 7) is 4.47. The van der Waals surface area contributed by atoms with E-state index in [2.05, 4.69) is 11.0 Å². The number of likely N-dealkylation sites (tertiary alicyclic amines) is 1. The molecule has 2 aromatic carbocycles. The minimum Gasteiger partial charge on any atom is -0.461 e. The van der Waals surface area contributed by atoms with Crippen LogP contribution in [-0.4, -0.2) is 48.5 Å². The Morgan fingerprint density at radius 1 is 1.16 bits per heavy atom. The molecule has 2 heterocycles. The number of anilines is 1. The summed E-state index contributed by atoms with van der Waals surface area (Å²) >= 11 is 1.27. The average Bonchev–Trinajstić information content (AvgIpc) is 2.92. The van der Waals surface area contributed by atoms with E-state index in [0.29, 0.717) is 28.5 Å². The summed E-state index contributed by atoms with van der Waals surface area (Å²) in [5, 5.41) is 9.64. The van der Waals surface area contributed by atoms with Gasteiger partial charge in [-0.3, -0.25) is 9.80 Å². The number of thioether (sulfide) groups is 1. The van der Waals surface area contributed by atoms with Crippen LogP contribution in [0.2, 0.25) is 0 Å². The molecule has 0 radical (unpaired) electrons. The third-order valence-corrected chi connectivity index (χ3v) is 7.36. The maximum absolute atomic E-state index is 13.5. The predicted octanol–water partition coefficient (Wildman–Crippen LogP) is 6.16. The van der Waals surface area contributed by atoms with Gasteiger partial charge in [0.05, 0.1) is 22.8 Å². The molecule has 2 aliphatic rings. The molecule has 0 bridgehead atoms. The van der Waals surface area contributed by atoms with Crippen molar-refractivity contribution in [1.82, 2.24) is 4.90 Å². The highest BCUT2D eigenvalue weighted by Gasteiger charge is 2.36. The van der Waals surface area contributed by atoms with E-state index in [1.54, 1.807) is 48.4 Å². The van der Waals surface area contributed by atoms with Gasteiger partial charge in [-0.1, -0.05) is 36.4 Å². The molecule has 0 amide bonds. The Bertz CT molecular complexity index is 1260. The molecule has 2 aromatic rings. The molecule has 1 atom stereocenters. The molecule has 6 nitrogen and oxygen atoms in total. The van der Waals surface area contributed by atoms with E-state index in [9.17, 15) is 23.2 Å². The van der Waals surface area contributed by atoms with Crippen LogP contribution in [0.15, 0.2) is 64.8 Å². The Morgan fingerprint density at radius 3 is 2.50 bits per heavy atom. The lowest BCUT2D eigenvalue weighted by atomic mass is 9.95. The van der Waals surface area contributed by atoms with Crippen molar-refractivity contribution in [2.45, 2.75) is 38.4 Å². The summed E-state index contributed by atoms with van der Waals surface area (Å²) < 4.78 is 46.2. The molecule has 2 aliphatic heterocycles.